The SMILES string of the molecule is COc1ccccc1C(C)(C)n1cc(C(C)(C)NS(C)(=O)=O)nn1. The van der Waals surface area contributed by atoms with Crippen LogP contribution in [0.3, 0.4) is 0 Å². The summed E-state index contributed by atoms with van der Waals surface area (Å²) in [4.78, 5) is 0. The van der Waals surface area contributed by atoms with Crippen LogP contribution in [0.5, 0.6) is 5.75 Å². The summed E-state index contributed by atoms with van der Waals surface area (Å²) in [6.45, 7) is 7.50. The van der Waals surface area contributed by atoms with Crippen molar-refractivity contribution in [3.63, 3.8) is 0 Å². The Morgan fingerprint density at radius 2 is 1.79 bits per heavy atom. The predicted octanol–water partition coefficient (Wildman–Crippen LogP) is 1.85. The molecular formula is C16H24N4O3S. The molecule has 0 bridgehead atoms. The predicted molar refractivity (Wildman–Crippen MR) is 92.4 cm³/mol. The molecule has 1 aromatic heterocycles. The van der Waals surface area contributed by atoms with E-state index in [0.717, 1.165) is 17.6 Å². The lowest BCUT2D eigenvalue weighted by Gasteiger charge is -2.27. The highest BCUT2D eigenvalue weighted by atomic mass is 32.2. The van der Waals surface area contributed by atoms with E-state index in [9.17, 15) is 8.42 Å². The van der Waals surface area contributed by atoms with Crippen molar-refractivity contribution >= 4 is 10.0 Å². The van der Waals surface area contributed by atoms with Crippen molar-refractivity contribution in [2.24, 2.45) is 0 Å². The summed E-state index contributed by atoms with van der Waals surface area (Å²) in [5.41, 5.74) is 0.121. The van der Waals surface area contributed by atoms with Gasteiger partial charge in [-0.05, 0) is 33.8 Å². The average molecular weight is 352 g/mol. The molecule has 0 atom stereocenters. The molecule has 7 nitrogen and oxygen atoms in total. The number of para-hydroxylation sites is 1. The number of nitrogens with zero attached hydrogens (tertiary/aromatic N) is 3. The number of hydrogen-bond acceptors (Lipinski definition) is 5. The van der Waals surface area contributed by atoms with Gasteiger partial charge in [0.15, 0.2) is 0 Å². The third-order valence-electron chi connectivity index (χ3n) is 3.91. The van der Waals surface area contributed by atoms with Crippen LogP contribution in [-0.2, 0) is 21.1 Å². The zero-order chi connectivity index (χ0) is 18.2. The zero-order valence-electron chi connectivity index (χ0n) is 14.9. The summed E-state index contributed by atoms with van der Waals surface area (Å²) in [5, 5.41) is 8.38. The van der Waals surface area contributed by atoms with Crippen LogP contribution < -0.4 is 9.46 Å². The quantitative estimate of drug-likeness (QED) is 0.857. The second kappa shape index (κ2) is 6.18. The van der Waals surface area contributed by atoms with E-state index in [4.69, 9.17) is 4.74 Å². The van der Waals surface area contributed by atoms with Crippen molar-refractivity contribution in [1.82, 2.24) is 19.7 Å². The normalized spacial score (nSPS) is 13.1. The molecule has 0 aliphatic rings. The highest BCUT2D eigenvalue weighted by Gasteiger charge is 2.32. The summed E-state index contributed by atoms with van der Waals surface area (Å²) in [6.07, 6.45) is 2.88. The van der Waals surface area contributed by atoms with Crippen LogP contribution >= 0.6 is 0 Å². The van der Waals surface area contributed by atoms with Gasteiger partial charge < -0.3 is 4.74 Å². The van der Waals surface area contributed by atoms with Gasteiger partial charge in [0.05, 0.1) is 30.6 Å². The molecule has 0 saturated heterocycles. The van der Waals surface area contributed by atoms with Gasteiger partial charge in [-0.15, -0.1) is 5.10 Å². The summed E-state index contributed by atoms with van der Waals surface area (Å²) in [7, 11) is -1.74. The number of rotatable bonds is 6. The molecule has 0 aliphatic heterocycles. The molecule has 0 aliphatic carbocycles. The number of ether oxygens (including phenoxy) is 1. The monoisotopic (exact) mass is 352 g/mol. The Bertz CT molecular complexity index is 825. The molecule has 0 fully saturated rings. The van der Waals surface area contributed by atoms with Gasteiger partial charge in [-0.2, -0.15) is 0 Å². The van der Waals surface area contributed by atoms with Crippen molar-refractivity contribution in [1.29, 1.82) is 0 Å². The first kappa shape index (κ1) is 18.4. The van der Waals surface area contributed by atoms with Gasteiger partial charge in [-0.3, -0.25) is 0 Å². The summed E-state index contributed by atoms with van der Waals surface area (Å²) in [5.74, 6) is 0.757. The van der Waals surface area contributed by atoms with Crippen molar-refractivity contribution in [2.75, 3.05) is 13.4 Å². The third-order valence-corrected chi connectivity index (χ3v) is 4.79. The van der Waals surface area contributed by atoms with E-state index in [-0.39, 0.29) is 0 Å². The Balaban J connectivity index is 2.42. The van der Waals surface area contributed by atoms with Gasteiger partial charge in [-0.25, -0.2) is 17.8 Å². The highest BCUT2D eigenvalue weighted by molar-refractivity contribution is 7.88. The first-order valence-corrected chi connectivity index (χ1v) is 9.42. The number of hydrogen-bond donors (Lipinski definition) is 1. The van der Waals surface area contributed by atoms with Crippen LogP contribution in [0, 0.1) is 0 Å². The van der Waals surface area contributed by atoms with Crippen LogP contribution in [0.1, 0.15) is 39.0 Å². The Labute approximate surface area is 143 Å². The number of aromatic nitrogens is 3. The van der Waals surface area contributed by atoms with Gasteiger partial charge in [-0.1, -0.05) is 23.4 Å². The van der Waals surface area contributed by atoms with Crippen molar-refractivity contribution < 1.29 is 13.2 Å². The lowest BCUT2D eigenvalue weighted by molar-refractivity contribution is 0.347. The first-order valence-electron chi connectivity index (χ1n) is 7.53. The molecule has 24 heavy (non-hydrogen) atoms. The Morgan fingerprint density at radius 1 is 1.17 bits per heavy atom. The van der Waals surface area contributed by atoms with Crippen molar-refractivity contribution in [3.8, 4) is 5.75 Å². The molecule has 0 saturated carbocycles. The van der Waals surface area contributed by atoms with E-state index in [1.54, 1.807) is 31.8 Å². The standard InChI is InChI=1S/C16H24N4O3S/c1-15(2,18-24(6,21)22)14-11-20(19-17-14)16(3,4)12-9-7-8-10-13(12)23-5/h7-11,18H,1-6H3. The van der Waals surface area contributed by atoms with Crippen molar-refractivity contribution in [2.45, 2.75) is 38.8 Å². The molecular weight excluding hydrogens is 328 g/mol. The Hall–Kier alpha value is -1.93. The van der Waals surface area contributed by atoms with Gasteiger partial charge in [0, 0.05) is 5.56 Å². The maximum absolute atomic E-state index is 11.5. The fourth-order valence-electron chi connectivity index (χ4n) is 2.61. The van der Waals surface area contributed by atoms with Crippen LogP contribution in [0.4, 0.5) is 0 Å². The fourth-order valence-corrected chi connectivity index (χ4v) is 3.64. The third kappa shape index (κ3) is 3.76. The molecule has 2 aromatic rings. The second-order valence-corrected chi connectivity index (χ2v) is 8.56. The lowest BCUT2D eigenvalue weighted by atomic mass is 9.93. The molecule has 0 radical (unpaired) electrons. The Morgan fingerprint density at radius 3 is 2.38 bits per heavy atom. The lowest BCUT2D eigenvalue weighted by Crippen LogP contribution is -2.40. The molecule has 1 aromatic carbocycles. The van der Waals surface area contributed by atoms with Crippen LogP contribution in [-0.4, -0.2) is 36.8 Å². The van der Waals surface area contributed by atoms with E-state index < -0.39 is 21.1 Å². The summed E-state index contributed by atoms with van der Waals surface area (Å²) >= 11 is 0. The summed E-state index contributed by atoms with van der Waals surface area (Å²) in [6, 6.07) is 7.71. The smallest absolute Gasteiger partial charge is 0.209 e. The largest absolute Gasteiger partial charge is 0.496 e. The van der Waals surface area contributed by atoms with E-state index >= 15 is 0 Å². The van der Waals surface area contributed by atoms with E-state index in [1.165, 1.54) is 0 Å². The molecule has 0 spiro atoms. The molecule has 2 rings (SSSR count). The fraction of sp³-hybridized carbons (Fsp3) is 0.500. The number of benzene rings is 1. The van der Waals surface area contributed by atoms with E-state index in [1.807, 2.05) is 38.1 Å². The highest BCUT2D eigenvalue weighted by Crippen LogP contribution is 2.33. The molecule has 8 heteroatoms. The van der Waals surface area contributed by atoms with Gasteiger partial charge in [0.2, 0.25) is 10.0 Å². The molecule has 0 amide bonds. The number of sulfonamides is 1. The van der Waals surface area contributed by atoms with Gasteiger partial charge >= 0.3 is 0 Å². The number of nitrogens with one attached hydrogen (secondary N) is 1. The van der Waals surface area contributed by atoms with Crippen LogP contribution in [0.2, 0.25) is 0 Å². The maximum atomic E-state index is 11.5. The first-order chi connectivity index (χ1) is 11.0. The maximum Gasteiger partial charge on any atom is 0.209 e. The van der Waals surface area contributed by atoms with Crippen molar-refractivity contribution in [3.05, 3.63) is 41.7 Å². The molecule has 0 unspecified atom stereocenters. The average Bonchev–Trinajstić information content (AvgIpc) is 2.96. The second-order valence-electron chi connectivity index (χ2n) is 6.81. The van der Waals surface area contributed by atoms with E-state index in [0.29, 0.717) is 5.69 Å². The topological polar surface area (TPSA) is 86.1 Å². The molecule has 132 valence electrons. The number of methoxy groups -OCH3 is 1. The van der Waals surface area contributed by atoms with Crippen LogP contribution in [0.15, 0.2) is 30.5 Å². The zero-order valence-corrected chi connectivity index (χ0v) is 15.7. The minimum atomic E-state index is -3.37. The Kier molecular flexibility index (Phi) is 4.74. The summed E-state index contributed by atoms with van der Waals surface area (Å²) < 4.78 is 32.8. The molecule has 1 heterocycles. The van der Waals surface area contributed by atoms with Crippen LogP contribution in [0.25, 0.3) is 0 Å². The van der Waals surface area contributed by atoms with Gasteiger partial charge in [0.1, 0.15) is 11.4 Å². The van der Waals surface area contributed by atoms with E-state index in [2.05, 4.69) is 15.0 Å². The minimum absolute atomic E-state index is 0.515. The minimum Gasteiger partial charge on any atom is -0.496 e. The van der Waals surface area contributed by atoms with Gasteiger partial charge in [0.25, 0.3) is 0 Å². The molecule has 1 N–H and O–H groups in total.